The summed E-state index contributed by atoms with van der Waals surface area (Å²) >= 11 is 3.38. The Kier molecular flexibility index (Phi) is 5.30. The van der Waals surface area contributed by atoms with E-state index in [-0.39, 0.29) is 17.9 Å². The molecule has 0 radical (unpaired) electrons. The molecular formula is C19H19BrN2O2. The smallest absolute Gasteiger partial charge is 0.255 e. The Hall–Kier alpha value is -2.14. The molecule has 24 heavy (non-hydrogen) atoms. The van der Waals surface area contributed by atoms with Gasteiger partial charge in [0.15, 0.2) is 0 Å². The van der Waals surface area contributed by atoms with Crippen molar-refractivity contribution in [2.75, 3.05) is 5.32 Å². The Balaban J connectivity index is 1.69. The summed E-state index contributed by atoms with van der Waals surface area (Å²) in [5, 5.41) is 5.88. The molecule has 1 aliphatic carbocycles. The number of hydrogen-bond donors (Lipinski definition) is 2. The summed E-state index contributed by atoms with van der Waals surface area (Å²) in [5.41, 5.74) is 1.69. The van der Waals surface area contributed by atoms with Gasteiger partial charge in [-0.3, -0.25) is 9.59 Å². The van der Waals surface area contributed by atoms with Crippen LogP contribution >= 0.6 is 15.9 Å². The van der Waals surface area contributed by atoms with E-state index in [0.717, 1.165) is 17.3 Å². The lowest BCUT2D eigenvalue weighted by molar-refractivity contribution is 0.0938. The second-order valence-electron chi connectivity index (χ2n) is 6.00. The number of carbonyl (C=O) groups excluding carboxylic acids is 2. The fraction of sp³-hybridized carbons (Fsp3) is 0.263. The molecule has 2 amide bonds. The first-order valence-electron chi connectivity index (χ1n) is 8.10. The highest BCUT2D eigenvalue weighted by Crippen LogP contribution is 2.19. The Bertz CT molecular complexity index is 755. The molecule has 0 unspecified atom stereocenters. The monoisotopic (exact) mass is 386 g/mol. The average molecular weight is 387 g/mol. The van der Waals surface area contributed by atoms with Gasteiger partial charge >= 0.3 is 0 Å². The highest BCUT2D eigenvalue weighted by atomic mass is 79.9. The fourth-order valence-corrected chi connectivity index (χ4v) is 3.31. The maximum atomic E-state index is 12.4. The van der Waals surface area contributed by atoms with Gasteiger partial charge in [-0.2, -0.15) is 0 Å². The number of nitrogens with one attached hydrogen (secondary N) is 2. The van der Waals surface area contributed by atoms with Crippen LogP contribution in [-0.4, -0.2) is 17.9 Å². The van der Waals surface area contributed by atoms with Crippen LogP contribution in [0.3, 0.4) is 0 Å². The Morgan fingerprint density at radius 2 is 1.58 bits per heavy atom. The molecule has 0 spiro atoms. The Labute approximate surface area is 149 Å². The van der Waals surface area contributed by atoms with Gasteiger partial charge < -0.3 is 10.6 Å². The standard InChI is InChI=1S/C19H19BrN2O2/c20-15-7-4-10-17(12-15)22-19(24)14-6-3-5-13(11-14)18(23)21-16-8-1-2-9-16/h3-7,10-12,16H,1-2,8-9H2,(H,21,23)(H,22,24). The van der Waals surface area contributed by atoms with E-state index in [1.54, 1.807) is 24.3 Å². The molecule has 0 saturated heterocycles. The lowest BCUT2D eigenvalue weighted by Crippen LogP contribution is -2.32. The molecule has 1 aliphatic rings. The largest absolute Gasteiger partial charge is 0.349 e. The van der Waals surface area contributed by atoms with Crippen molar-refractivity contribution in [2.24, 2.45) is 0 Å². The zero-order valence-electron chi connectivity index (χ0n) is 13.2. The molecule has 0 aliphatic heterocycles. The van der Waals surface area contributed by atoms with E-state index in [1.807, 2.05) is 24.3 Å². The average Bonchev–Trinajstić information content (AvgIpc) is 3.08. The minimum Gasteiger partial charge on any atom is -0.349 e. The van der Waals surface area contributed by atoms with Crippen LogP contribution in [0.4, 0.5) is 5.69 Å². The van der Waals surface area contributed by atoms with Crippen LogP contribution in [0.25, 0.3) is 0 Å². The minimum absolute atomic E-state index is 0.112. The minimum atomic E-state index is -0.233. The van der Waals surface area contributed by atoms with Gasteiger partial charge in [-0.05, 0) is 49.2 Å². The molecule has 124 valence electrons. The SMILES string of the molecule is O=C(Nc1cccc(Br)c1)c1cccc(C(=O)NC2CCCC2)c1. The van der Waals surface area contributed by atoms with E-state index >= 15 is 0 Å². The van der Waals surface area contributed by atoms with Crippen LogP contribution < -0.4 is 10.6 Å². The van der Waals surface area contributed by atoms with Gasteiger partial charge in [-0.25, -0.2) is 0 Å². The normalized spacial score (nSPS) is 14.4. The predicted octanol–water partition coefficient (Wildman–Crippen LogP) is 4.37. The number of hydrogen-bond acceptors (Lipinski definition) is 2. The van der Waals surface area contributed by atoms with Crippen LogP contribution in [0, 0.1) is 0 Å². The third-order valence-corrected chi connectivity index (χ3v) is 4.65. The third kappa shape index (κ3) is 4.23. The molecule has 2 aromatic carbocycles. The first-order chi connectivity index (χ1) is 11.6. The van der Waals surface area contributed by atoms with Crippen molar-refractivity contribution in [1.29, 1.82) is 0 Å². The summed E-state index contributed by atoms with van der Waals surface area (Å²) in [4.78, 5) is 24.7. The number of rotatable bonds is 4. The lowest BCUT2D eigenvalue weighted by atomic mass is 10.1. The first kappa shape index (κ1) is 16.7. The number of anilines is 1. The van der Waals surface area contributed by atoms with Gasteiger partial charge in [-0.15, -0.1) is 0 Å². The molecule has 1 fully saturated rings. The van der Waals surface area contributed by atoms with Crippen molar-refractivity contribution in [1.82, 2.24) is 5.32 Å². The van der Waals surface area contributed by atoms with Crippen LogP contribution in [0.15, 0.2) is 53.0 Å². The second-order valence-corrected chi connectivity index (χ2v) is 6.92. The topological polar surface area (TPSA) is 58.2 Å². The number of carbonyl (C=O) groups is 2. The molecule has 2 N–H and O–H groups in total. The summed E-state index contributed by atoms with van der Waals surface area (Å²) in [6.07, 6.45) is 4.41. The zero-order valence-corrected chi connectivity index (χ0v) is 14.8. The maximum absolute atomic E-state index is 12.4. The van der Waals surface area contributed by atoms with E-state index < -0.39 is 0 Å². The van der Waals surface area contributed by atoms with Crippen molar-refractivity contribution in [2.45, 2.75) is 31.7 Å². The Morgan fingerprint density at radius 3 is 2.29 bits per heavy atom. The zero-order chi connectivity index (χ0) is 16.9. The van der Waals surface area contributed by atoms with Crippen molar-refractivity contribution in [3.05, 3.63) is 64.1 Å². The molecule has 0 heterocycles. The van der Waals surface area contributed by atoms with Gasteiger partial charge in [0.2, 0.25) is 0 Å². The molecule has 2 aromatic rings. The molecule has 0 atom stereocenters. The Morgan fingerprint density at radius 1 is 0.917 bits per heavy atom. The molecule has 0 aromatic heterocycles. The highest BCUT2D eigenvalue weighted by Gasteiger charge is 2.18. The molecule has 0 bridgehead atoms. The van der Waals surface area contributed by atoms with Crippen molar-refractivity contribution < 1.29 is 9.59 Å². The van der Waals surface area contributed by atoms with Crippen LogP contribution in [0.5, 0.6) is 0 Å². The number of halogens is 1. The van der Waals surface area contributed by atoms with E-state index in [9.17, 15) is 9.59 Å². The lowest BCUT2D eigenvalue weighted by Gasteiger charge is -2.12. The maximum Gasteiger partial charge on any atom is 0.255 e. The molecule has 5 heteroatoms. The van der Waals surface area contributed by atoms with Crippen molar-refractivity contribution in [3.63, 3.8) is 0 Å². The summed E-state index contributed by atoms with van der Waals surface area (Å²) in [6.45, 7) is 0. The van der Waals surface area contributed by atoms with Crippen LogP contribution in [0.1, 0.15) is 46.4 Å². The molecule has 1 saturated carbocycles. The summed E-state index contributed by atoms with van der Waals surface area (Å²) < 4.78 is 0.894. The summed E-state index contributed by atoms with van der Waals surface area (Å²) in [7, 11) is 0. The first-order valence-corrected chi connectivity index (χ1v) is 8.89. The number of amides is 2. The summed E-state index contributed by atoms with van der Waals surface area (Å²) in [6, 6.07) is 14.5. The van der Waals surface area contributed by atoms with E-state index in [2.05, 4.69) is 26.6 Å². The van der Waals surface area contributed by atoms with Gasteiger partial charge in [0.25, 0.3) is 11.8 Å². The molecule has 4 nitrogen and oxygen atoms in total. The molecular weight excluding hydrogens is 368 g/mol. The van der Waals surface area contributed by atoms with Gasteiger partial charge in [0.1, 0.15) is 0 Å². The van der Waals surface area contributed by atoms with Crippen LogP contribution in [-0.2, 0) is 0 Å². The van der Waals surface area contributed by atoms with Gasteiger partial charge in [0.05, 0.1) is 0 Å². The van der Waals surface area contributed by atoms with Crippen molar-refractivity contribution >= 4 is 33.4 Å². The molecule has 3 rings (SSSR count). The summed E-state index contributed by atoms with van der Waals surface area (Å²) in [5.74, 6) is -0.345. The van der Waals surface area contributed by atoms with E-state index in [4.69, 9.17) is 0 Å². The number of benzene rings is 2. The van der Waals surface area contributed by atoms with Crippen molar-refractivity contribution in [3.8, 4) is 0 Å². The predicted molar refractivity (Wildman–Crippen MR) is 98.3 cm³/mol. The van der Waals surface area contributed by atoms with Gasteiger partial charge in [-0.1, -0.05) is 40.9 Å². The quantitative estimate of drug-likeness (QED) is 0.819. The van der Waals surface area contributed by atoms with Gasteiger partial charge in [0, 0.05) is 27.3 Å². The van der Waals surface area contributed by atoms with E-state index in [0.29, 0.717) is 16.8 Å². The van der Waals surface area contributed by atoms with E-state index in [1.165, 1.54) is 12.8 Å². The van der Waals surface area contributed by atoms with Crippen LogP contribution in [0.2, 0.25) is 0 Å². The third-order valence-electron chi connectivity index (χ3n) is 4.16. The highest BCUT2D eigenvalue weighted by molar-refractivity contribution is 9.10. The second kappa shape index (κ2) is 7.62. The fourth-order valence-electron chi connectivity index (χ4n) is 2.91.